The Balaban J connectivity index is 1.58. The molecule has 2 aromatic rings. The van der Waals surface area contributed by atoms with Crippen LogP contribution in [0.25, 0.3) is 0 Å². The standard InChI is InChI=1S/C26H31FO5S/c1-25(2)26(17-28)13-12-18(7-6-14-33(30,31)20-8-4-3-5-9-20)21(16-26)24(32-25)19-10-11-23(29)22(27)15-19/h3-5,8-12,15,21,24,28-29H,6-7,13-14,16-17H2,1-2H3. The van der Waals surface area contributed by atoms with Gasteiger partial charge in [0.25, 0.3) is 0 Å². The van der Waals surface area contributed by atoms with Crippen molar-refractivity contribution in [2.45, 2.75) is 56.1 Å². The molecule has 7 heteroatoms. The molecule has 3 atom stereocenters. The van der Waals surface area contributed by atoms with Gasteiger partial charge in [-0.1, -0.05) is 35.9 Å². The molecule has 5 nitrogen and oxygen atoms in total. The van der Waals surface area contributed by atoms with E-state index in [1.54, 1.807) is 36.4 Å². The second kappa shape index (κ2) is 8.85. The Hall–Kier alpha value is -2.22. The van der Waals surface area contributed by atoms with Gasteiger partial charge >= 0.3 is 0 Å². The van der Waals surface area contributed by atoms with Crippen molar-refractivity contribution in [1.82, 2.24) is 0 Å². The zero-order chi connectivity index (χ0) is 23.9. The molecule has 3 unspecified atom stereocenters. The molecule has 1 fully saturated rings. The normalized spacial score (nSPS) is 26.6. The number of hydrogen-bond acceptors (Lipinski definition) is 5. The first kappa shape index (κ1) is 23.9. The third kappa shape index (κ3) is 4.46. The number of aliphatic hydroxyl groups excluding tert-OH is 1. The summed E-state index contributed by atoms with van der Waals surface area (Å²) in [5.74, 6) is -1.19. The molecule has 2 aliphatic rings. The lowest BCUT2D eigenvalue weighted by Gasteiger charge is -2.57. The molecular formula is C26H31FO5S. The highest BCUT2D eigenvalue weighted by atomic mass is 32.2. The Bertz CT molecular complexity index is 1140. The van der Waals surface area contributed by atoms with E-state index in [9.17, 15) is 23.0 Å². The number of fused-ring (bicyclic) bond motifs is 2. The van der Waals surface area contributed by atoms with Crippen LogP contribution in [0.1, 0.15) is 51.2 Å². The molecule has 178 valence electrons. The van der Waals surface area contributed by atoms with Crippen molar-refractivity contribution in [3.63, 3.8) is 0 Å². The van der Waals surface area contributed by atoms with Crippen LogP contribution in [0.5, 0.6) is 5.75 Å². The summed E-state index contributed by atoms with van der Waals surface area (Å²) in [6, 6.07) is 12.7. The SMILES string of the molecule is CC1(C)OC(c2ccc(O)c(F)c2)C2CC1(CO)CC=C2CCCS(=O)(=O)c1ccccc1. The molecule has 0 saturated carbocycles. The minimum atomic E-state index is -3.37. The van der Waals surface area contributed by atoms with Gasteiger partial charge in [0.2, 0.25) is 0 Å². The first-order chi connectivity index (χ1) is 15.6. The second-order valence-electron chi connectivity index (χ2n) is 9.73. The van der Waals surface area contributed by atoms with E-state index in [0.29, 0.717) is 36.1 Å². The van der Waals surface area contributed by atoms with Crippen LogP contribution in [0.2, 0.25) is 0 Å². The maximum atomic E-state index is 14.2. The van der Waals surface area contributed by atoms with Crippen LogP contribution < -0.4 is 0 Å². The fourth-order valence-electron chi connectivity index (χ4n) is 5.25. The number of sulfone groups is 1. The number of aromatic hydroxyl groups is 1. The lowest BCUT2D eigenvalue weighted by atomic mass is 9.58. The molecule has 0 aromatic heterocycles. The number of phenols is 1. The Morgan fingerprint density at radius 2 is 1.88 bits per heavy atom. The van der Waals surface area contributed by atoms with E-state index >= 15 is 0 Å². The largest absolute Gasteiger partial charge is 0.505 e. The third-order valence-electron chi connectivity index (χ3n) is 7.49. The van der Waals surface area contributed by atoms with Gasteiger partial charge in [-0.15, -0.1) is 0 Å². The van der Waals surface area contributed by atoms with Crippen LogP contribution in [-0.4, -0.2) is 36.6 Å². The van der Waals surface area contributed by atoms with E-state index in [2.05, 4.69) is 6.08 Å². The van der Waals surface area contributed by atoms with Crippen LogP contribution >= 0.6 is 0 Å². The van der Waals surface area contributed by atoms with Gasteiger partial charge in [0.05, 0.1) is 29.0 Å². The fraction of sp³-hybridized carbons (Fsp3) is 0.462. The highest BCUT2D eigenvalue weighted by Gasteiger charge is 2.55. The zero-order valence-corrected chi connectivity index (χ0v) is 19.8. The van der Waals surface area contributed by atoms with Gasteiger partial charge in [0.1, 0.15) is 0 Å². The molecule has 33 heavy (non-hydrogen) atoms. The van der Waals surface area contributed by atoms with Crippen molar-refractivity contribution in [2.75, 3.05) is 12.4 Å². The highest BCUT2D eigenvalue weighted by molar-refractivity contribution is 7.91. The van der Waals surface area contributed by atoms with Crippen molar-refractivity contribution < 1.29 is 27.8 Å². The first-order valence-corrected chi connectivity index (χ1v) is 13.0. The molecule has 2 bridgehead atoms. The van der Waals surface area contributed by atoms with Crippen molar-refractivity contribution in [2.24, 2.45) is 11.3 Å². The monoisotopic (exact) mass is 474 g/mol. The number of hydrogen-bond donors (Lipinski definition) is 2. The number of rotatable bonds is 7. The number of phenolic OH excluding ortho intramolecular Hbond substituents is 1. The second-order valence-corrected chi connectivity index (χ2v) is 11.8. The van der Waals surface area contributed by atoms with Gasteiger partial charge in [-0.2, -0.15) is 0 Å². The molecule has 1 aliphatic carbocycles. The van der Waals surface area contributed by atoms with E-state index in [0.717, 1.165) is 5.57 Å². The summed E-state index contributed by atoms with van der Waals surface area (Å²) in [5.41, 5.74) is 0.607. The van der Waals surface area contributed by atoms with Crippen LogP contribution in [0.4, 0.5) is 4.39 Å². The first-order valence-electron chi connectivity index (χ1n) is 11.3. The predicted octanol–water partition coefficient (Wildman–Crippen LogP) is 4.95. The van der Waals surface area contributed by atoms with Gasteiger partial charge in [0, 0.05) is 11.3 Å². The van der Waals surface area contributed by atoms with E-state index in [1.807, 2.05) is 13.8 Å². The minimum absolute atomic E-state index is 0.0284. The fourth-order valence-corrected chi connectivity index (χ4v) is 6.58. The molecular weight excluding hydrogens is 443 g/mol. The molecule has 0 radical (unpaired) electrons. The Morgan fingerprint density at radius 1 is 1.15 bits per heavy atom. The summed E-state index contributed by atoms with van der Waals surface area (Å²) in [6.07, 6.45) is 4.02. The van der Waals surface area contributed by atoms with Gasteiger partial charge in [-0.05, 0) is 69.4 Å². The highest BCUT2D eigenvalue weighted by Crippen LogP contribution is 2.58. The maximum Gasteiger partial charge on any atom is 0.178 e. The van der Waals surface area contributed by atoms with Gasteiger partial charge in [-0.3, -0.25) is 0 Å². The summed E-state index contributed by atoms with van der Waals surface area (Å²) in [4.78, 5) is 0.321. The Kier molecular flexibility index (Phi) is 6.42. The van der Waals surface area contributed by atoms with Crippen LogP contribution in [0.15, 0.2) is 65.1 Å². The van der Waals surface area contributed by atoms with Gasteiger partial charge in [0.15, 0.2) is 21.4 Å². The summed E-state index contributed by atoms with van der Waals surface area (Å²) in [6.45, 7) is 3.88. The number of ether oxygens (including phenoxy) is 1. The van der Waals surface area contributed by atoms with Gasteiger partial charge in [-0.25, -0.2) is 12.8 Å². The molecule has 1 saturated heterocycles. The van der Waals surface area contributed by atoms with E-state index in [-0.39, 0.29) is 18.3 Å². The minimum Gasteiger partial charge on any atom is -0.505 e. The molecule has 0 spiro atoms. The summed E-state index contributed by atoms with van der Waals surface area (Å²) >= 11 is 0. The lowest BCUT2D eigenvalue weighted by Crippen LogP contribution is -2.56. The summed E-state index contributed by atoms with van der Waals surface area (Å²) in [5, 5.41) is 19.9. The summed E-state index contributed by atoms with van der Waals surface area (Å²) in [7, 11) is -3.37. The number of halogens is 1. The topological polar surface area (TPSA) is 83.8 Å². The van der Waals surface area contributed by atoms with Crippen molar-refractivity contribution >= 4 is 9.84 Å². The lowest BCUT2D eigenvalue weighted by molar-refractivity contribution is -0.223. The zero-order valence-electron chi connectivity index (χ0n) is 19.0. The third-order valence-corrected chi connectivity index (χ3v) is 9.31. The molecule has 1 aliphatic heterocycles. The number of aliphatic hydroxyl groups is 1. The van der Waals surface area contributed by atoms with Crippen LogP contribution in [0, 0.1) is 17.2 Å². The van der Waals surface area contributed by atoms with Crippen molar-refractivity contribution in [3.05, 3.63) is 71.6 Å². The smallest absolute Gasteiger partial charge is 0.178 e. The van der Waals surface area contributed by atoms with E-state index in [1.165, 1.54) is 12.1 Å². The molecule has 2 N–H and O–H groups in total. The molecule has 2 aromatic carbocycles. The number of benzene rings is 2. The average Bonchev–Trinajstić information content (AvgIpc) is 2.79. The Labute approximate surface area is 194 Å². The summed E-state index contributed by atoms with van der Waals surface area (Å²) < 4.78 is 46.0. The average molecular weight is 475 g/mol. The quantitative estimate of drug-likeness (QED) is 0.555. The number of allylic oxidation sites excluding steroid dienone is 1. The van der Waals surface area contributed by atoms with Crippen molar-refractivity contribution in [3.8, 4) is 5.75 Å². The molecule has 0 amide bonds. The maximum absolute atomic E-state index is 14.2. The molecule has 1 heterocycles. The van der Waals surface area contributed by atoms with Crippen LogP contribution in [-0.2, 0) is 14.6 Å². The van der Waals surface area contributed by atoms with E-state index in [4.69, 9.17) is 4.74 Å². The van der Waals surface area contributed by atoms with Crippen LogP contribution in [0.3, 0.4) is 0 Å². The Morgan fingerprint density at radius 3 is 2.55 bits per heavy atom. The molecule has 4 rings (SSSR count). The van der Waals surface area contributed by atoms with Crippen molar-refractivity contribution in [1.29, 1.82) is 0 Å². The van der Waals surface area contributed by atoms with E-state index < -0.39 is 38.5 Å². The van der Waals surface area contributed by atoms with Gasteiger partial charge < -0.3 is 14.9 Å². The predicted molar refractivity (Wildman–Crippen MR) is 124 cm³/mol.